The number of benzene rings is 1. The molecule has 6 fully saturated rings. The van der Waals surface area contributed by atoms with Crippen molar-refractivity contribution in [2.45, 2.75) is 80.8 Å². The molecule has 238 valence electrons. The zero-order chi connectivity index (χ0) is 30.8. The fraction of sp³-hybridized carbons (Fsp3) is 0.606. The number of phenols is 1. The number of aromatic nitrogens is 3. The van der Waals surface area contributed by atoms with Crippen molar-refractivity contribution in [3.8, 4) is 23.0 Å². The van der Waals surface area contributed by atoms with Crippen LogP contribution in [0.4, 0.5) is 19.0 Å². The minimum atomic E-state index is -2.63. The first-order valence-corrected chi connectivity index (χ1v) is 16.5. The number of phenolic OH excluding ortho intramolecular Hbond substituents is 1. The fourth-order valence-electron chi connectivity index (χ4n) is 8.74. The number of hydrogen-bond donors (Lipinski definition) is 1. The fourth-order valence-corrected chi connectivity index (χ4v) is 9.11. The third kappa shape index (κ3) is 4.36. The summed E-state index contributed by atoms with van der Waals surface area (Å²) in [7, 11) is 0. The van der Waals surface area contributed by atoms with E-state index >= 15 is 4.39 Å². The van der Waals surface area contributed by atoms with Crippen molar-refractivity contribution in [2.24, 2.45) is 5.41 Å². The highest BCUT2D eigenvalue weighted by Gasteiger charge is 2.77. The molecule has 1 N–H and O–H groups in total. The number of rotatable bonds is 6. The van der Waals surface area contributed by atoms with E-state index in [0.717, 1.165) is 63.7 Å². The highest BCUT2D eigenvalue weighted by molar-refractivity contribution is 6.32. The zero-order valence-electron chi connectivity index (χ0n) is 24.9. The first-order chi connectivity index (χ1) is 21.6. The molecule has 4 saturated heterocycles. The Hall–Kier alpha value is -2.89. The van der Waals surface area contributed by atoms with E-state index in [1.165, 1.54) is 12.1 Å². The second-order valence-corrected chi connectivity index (χ2v) is 14.8. The summed E-state index contributed by atoms with van der Waals surface area (Å²) < 4.78 is 57.9. The molecule has 2 aliphatic carbocycles. The second-order valence-electron chi connectivity index (χ2n) is 14.4. The third-order valence-corrected chi connectivity index (χ3v) is 11.7. The minimum absolute atomic E-state index is 0.0174. The van der Waals surface area contributed by atoms with Crippen LogP contribution in [0.5, 0.6) is 11.8 Å². The smallest absolute Gasteiger partial charge is 0.319 e. The standard InChI is InChI=1S/C33H35ClF3N5O3/c34-23-12-20(43)11-21(24(23)19-3-4-19)26-25(35)27-22(13-38-26)28(41-8-2-6-32(17-41)7-10-45-32)40-29(39-27)44-18-31-5-1-9-42(31)16-30(14-31)15-33(30,36)37/h11-13,19,43H,1-10,14-18H2/t30-,31-,32?/m0/s1. The van der Waals surface area contributed by atoms with Crippen molar-refractivity contribution < 1.29 is 27.8 Å². The van der Waals surface area contributed by atoms with Gasteiger partial charge in [0.25, 0.3) is 5.92 Å². The molecule has 0 radical (unpaired) electrons. The highest BCUT2D eigenvalue weighted by Crippen LogP contribution is 2.69. The van der Waals surface area contributed by atoms with Gasteiger partial charge in [-0.25, -0.2) is 13.2 Å². The number of hydrogen-bond acceptors (Lipinski definition) is 8. The molecule has 2 aromatic heterocycles. The average Bonchev–Trinajstić information content (AvgIpc) is 3.82. The number of halogens is 4. The summed E-state index contributed by atoms with van der Waals surface area (Å²) in [5, 5.41) is 11.2. The number of fused-ring (bicyclic) bond motifs is 2. The van der Waals surface area contributed by atoms with Crippen molar-refractivity contribution in [1.29, 1.82) is 0 Å². The maximum Gasteiger partial charge on any atom is 0.319 e. The van der Waals surface area contributed by atoms with Crippen molar-refractivity contribution in [2.75, 3.05) is 44.3 Å². The summed E-state index contributed by atoms with van der Waals surface area (Å²) in [6.45, 7) is 3.36. The first-order valence-electron chi connectivity index (χ1n) is 16.1. The van der Waals surface area contributed by atoms with Crippen molar-refractivity contribution in [3.63, 3.8) is 0 Å². The molecular weight excluding hydrogens is 607 g/mol. The summed E-state index contributed by atoms with van der Waals surface area (Å²) in [6, 6.07) is 3.01. The van der Waals surface area contributed by atoms with Gasteiger partial charge in [0.2, 0.25) is 0 Å². The number of anilines is 1. The maximum absolute atomic E-state index is 16.7. The molecule has 12 heteroatoms. The van der Waals surface area contributed by atoms with Gasteiger partial charge < -0.3 is 19.5 Å². The lowest BCUT2D eigenvalue weighted by molar-refractivity contribution is -0.151. The van der Waals surface area contributed by atoms with E-state index in [9.17, 15) is 13.9 Å². The SMILES string of the molecule is Oc1cc(Cl)c(C2CC2)c(-c2ncc3c(N4CCCC5(CCO5)C4)nc(OC[C@@]45CCCN4C[C@@]4(CC4(F)F)C5)nc3c2F)c1. The van der Waals surface area contributed by atoms with Crippen LogP contribution in [0.25, 0.3) is 22.2 Å². The largest absolute Gasteiger partial charge is 0.508 e. The first kappa shape index (κ1) is 28.3. The number of alkyl halides is 2. The van der Waals surface area contributed by atoms with Crippen molar-refractivity contribution in [1.82, 2.24) is 19.9 Å². The van der Waals surface area contributed by atoms with Gasteiger partial charge in [0.1, 0.15) is 29.4 Å². The Morgan fingerprint density at radius 1 is 1.07 bits per heavy atom. The summed E-state index contributed by atoms with van der Waals surface area (Å²) in [5.41, 5.74) is -0.364. The molecule has 45 heavy (non-hydrogen) atoms. The molecule has 6 aliphatic rings. The van der Waals surface area contributed by atoms with E-state index in [1.54, 1.807) is 6.20 Å². The van der Waals surface area contributed by atoms with Crippen LogP contribution in [0, 0.1) is 11.2 Å². The predicted molar refractivity (Wildman–Crippen MR) is 162 cm³/mol. The Balaban J connectivity index is 1.13. The van der Waals surface area contributed by atoms with E-state index in [4.69, 9.17) is 26.1 Å². The van der Waals surface area contributed by atoms with Gasteiger partial charge in [-0.2, -0.15) is 9.97 Å². The van der Waals surface area contributed by atoms with E-state index < -0.39 is 22.7 Å². The van der Waals surface area contributed by atoms with Crippen LogP contribution < -0.4 is 9.64 Å². The molecule has 0 bridgehead atoms. The van der Waals surface area contributed by atoms with Crippen molar-refractivity contribution in [3.05, 3.63) is 34.7 Å². The van der Waals surface area contributed by atoms with E-state index in [-0.39, 0.29) is 47.5 Å². The van der Waals surface area contributed by atoms with Crippen LogP contribution >= 0.6 is 11.6 Å². The molecule has 2 saturated carbocycles. The Bertz CT molecular complexity index is 1740. The summed E-state index contributed by atoms with van der Waals surface area (Å²) in [6.07, 6.45) is 8.27. The summed E-state index contributed by atoms with van der Waals surface area (Å²) >= 11 is 6.55. The molecule has 2 spiro atoms. The molecule has 9 rings (SSSR count). The van der Waals surface area contributed by atoms with Crippen LogP contribution in [0.2, 0.25) is 5.02 Å². The average molecular weight is 642 g/mol. The Morgan fingerprint density at radius 3 is 2.60 bits per heavy atom. The molecule has 6 heterocycles. The number of aromatic hydroxyl groups is 1. The summed E-state index contributed by atoms with van der Waals surface area (Å²) in [4.78, 5) is 18.3. The van der Waals surface area contributed by atoms with Gasteiger partial charge in [-0.1, -0.05) is 11.6 Å². The van der Waals surface area contributed by atoms with Crippen LogP contribution in [0.15, 0.2) is 18.3 Å². The summed E-state index contributed by atoms with van der Waals surface area (Å²) in [5.74, 6) is -2.64. The topological polar surface area (TPSA) is 83.8 Å². The van der Waals surface area contributed by atoms with Crippen LogP contribution in [0.3, 0.4) is 0 Å². The molecule has 4 aliphatic heterocycles. The van der Waals surface area contributed by atoms with E-state index in [0.29, 0.717) is 47.8 Å². The highest BCUT2D eigenvalue weighted by atomic mass is 35.5. The molecule has 3 aromatic rings. The molecule has 1 unspecified atom stereocenters. The van der Waals surface area contributed by atoms with Gasteiger partial charge >= 0.3 is 6.01 Å². The second kappa shape index (κ2) is 9.58. The molecule has 3 atom stereocenters. The predicted octanol–water partition coefficient (Wildman–Crippen LogP) is 6.47. The van der Waals surface area contributed by atoms with Gasteiger partial charge in [-0.05, 0) is 75.1 Å². The number of ether oxygens (including phenoxy) is 2. The lowest BCUT2D eigenvalue weighted by atomic mass is 9.86. The third-order valence-electron chi connectivity index (χ3n) is 11.4. The van der Waals surface area contributed by atoms with Gasteiger partial charge in [0, 0.05) is 49.3 Å². The van der Waals surface area contributed by atoms with E-state index in [2.05, 4.69) is 19.8 Å². The zero-order valence-corrected chi connectivity index (χ0v) is 25.7. The molecule has 8 nitrogen and oxygen atoms in total. The molecule has 0 amide bonds. The van der Waals surface area contributed by atoms with Crippen LogP contribution in [-0.4, -0.2) is 81.4 Å². The van der Waals surface area contributed by atoms with Crippen molar-refractivity contribution >= 4 is 28.3 Å². The quantitative estimate of drug-likeness (QED) is 0.328. The van der Waals surface area contributed by atoms with E-state index in [1.807, 2.05) is 0 Å². The number of pyridine rings is 1. The number of nitrogens with zero attached hydrogens (tertiary/aromatic N) is 5. The number of piperidine rings is 1. The van der Waals surface area contributed by atoms with Gasteiger partial charge in [0.05, 0.1) is 28.5 Å². The van der Waals surface area contributed by atoms with Crippen LogP contribution in [0.1, 0.15) is 69.3 Å². The molecular formula is C33H35ClF3N5O3. The van der Waals surface area contributed by atoms with Gasteiger partial charge in [-0.3, -0.25) is 9.88 Å². The minimum Gasteiger partial charge on any atom is -0.508 e. The Kier molecular flexibility index (Phi) is 6.03. The Morgan fingerprint density at radius 2 is 1.87 bits per heavy atom. The molecule has 1 aromatic carbocycles. The van der Waals surface area contributed by atoms with Gasteiger partial charge in [-0.15, -0.1) is 0 Å². The monoisotopic (exact) mass is 641 g/mol. The lowest BCUT2D eigenvalue weighted by Crippen LogP contribution is -2.56. The maximum atomic E-state index is 16.7. The van der Waals surface area contributed by atoms with Gasteiger partial charge in [0.15, 0.2) is 5.82 Å². The Labute approximate surface area is 263 Å². The van der Waals surface area contributed by atoms with Crippen LogP contribution in [-0.2, 0) is 4.74 Å². The lowest BCUT2D eigenvalue weighted by Gasteiger charge is -2.48. The normalized spacial score (nSPS) is 32.0.